The average molecular weight is 564 g/mol. The van der Waals surface area contributed by atoms with E-state index in [1.807, 2.05) is 54.6 Å². The number of carboxylic acids is 2. The van der Waals surface area contributed by atoms with Gasteiger partial charge in [0.25, 0.3) is 0 Å². The van der Waals surface area contributed by atoms with Crippen LogP contribution < -0.4 is 5.32 Å². The maximum absolute atomic E-state index is 13.1. The van der Waals surface area contributed by atoms with E-state index in [1.54, 1.807) is 0 Å². The van der Waals surface area contributed by atoms with Crippen LogP contribution in [-0.4, -0.2) is 47.7 Å². The molecule has 1 amide bonds. The lowest BCUT2D eigenvalue weighted by Crippen LogP contribution is -2.62. The van der Waals surface area contributed by atoms with Gasteiger partial charge in [-0.25, -0.2) is 0 Å². The first-order valence-corrected chi connectivity index (χ1v) is 13.3. The van der Waals surface area contributed by atoms with Gasteiger partial charge in [0.05, 0.1) is 30.8 Å². The van der Waals surface area contributed by atoms with E-state index in [9.17, 15) is 29.4 Å². The summed E-state index contributed by atoms with van der Waals surface area (Å²) in [6.45, 7) is 0.200. The van der Waals surface area contributed by atoms with Gasteiger partial charge in [-0.1, -0.05) is 78.3 Å². The molecular weight excluding hydrogens is 534 g/mol. The van der Waals surface area contributed by atoms with Crippen molar-refractivity contribution in [1.82, 2.24) is 5.32 Å². The smallest absolute Gasteiger partial charge is 0.310 e. The van der Waals surface area contributed by atoms with E-state index in [1.165, 1.54) is 0 Å². The van der Waals surface area contributed by atoms with Crippen molar-refractivity contribution in [2.45, 2.75) is 18.8 Å². The van der Waals surface area contributed by atoms with Gasteiger partial charge in [0.1, 0.15) is 0 Å². The zero-order valence-electron chi connectivity index (χ0n) is 21.8. The fourth-order valence-corrected chi connectivity index (χ4v) is 5.60. The Balaban J connectivity index is 1.49. The molecule has 0 bridgehead atoms. The van der Waals surface area contributed by atoms with Gasteiger partial charge < -0.3 is 20.3 Å². The van der Waals surface area contributed by atoms with Crippen LogP contribution in [0.4, 0.5) is 0 Å². The Morgan fingerprint density at radius 2 is 1.38 bits per heavy atom. The highest BCUT2D eigenvalue weighted by Gasteiger charge is 2.64. The number of rotatable bonds is 11. The molecule has 3 aromatic carbocycles. The minimum Gasteiger partial charge on any atom is -0.481 e. The van der Waals surface area contributed by atoms with Crippen LogP contribution in [0.5, 0.6) is 0 Å². The summed E-state index contributed by atoms with van der Waals surface area (Å²) in [6, 6.07) is 25.8. The highest BCUT2D eigenvalue weighted by molar-refractivity contribution is 6.30. The average Bonchev–Trinajstić information content (AvgIpc) is 2.93. The van der Waals surface area contributed by atoms with Gasteiger partial charge in [0, 0.05) is 11.6 Å². The first kappa shape index (κ1) is 28.8. The molecule has 0 spiro atoms. The molecular formula is C31H30ClNO7. The Labute approximate surface area is 236 Å². The van der Waals surface area contributed by atoms with Gasteiger partial charge in [0.2, 0.25) is 5.91 Å². The number of halogens is 1. The van der Waals surface area contributed by atoms with Gasteiger partial charge >= 0.3 is 17.9 Å². The summed E-state index contributed by atoms with van der Waals surface area (Å²) in [5, 5.41) is 22.4. The molecule has 9 heteroatoms. The molecule has 8 nitrogen and oxygen atoms in total. The monoisotopic (exact) mass is 563 g/mol. The normalized spacial score (nSPS) is 20.6. The van der Waals surface area contributed by atoms with Crippen molar-refractivity contribution in [3.05, 3.63) is 95.0 Å². The SMILES string of the molecule is COC(=O)[C@H]1[C@H](C(=O)O)[C@@H](C(=O)O)[C@H]1C(=O)NCC[C@@H](Cc1ccc(Cl)cc1)c1ccc(-c2ccccc2)cc1. The number of hydrogen-bond donors (Lipinski definition) is 3. The molecule has 208 valence electrons. The molecule has 3 aromatic rings. The molecule has 1 aliphatic carbocycles. The van der Waals surface area contributed by atoms with E-state index in [0.717, 1.165) is 29.4 Å². The maximum Gasteiger partial charge on any atom is 0.310 e. The van der Waals surface area contributed by atoms with Crippen molar-refractivity contribution >= 4 is 35.4 Å². The fourth-order valence-electron chi connectivity index (χ4n) is 5.48. The summed E-state index contributed by atoms with van der Waals surface area (Å²) in [6.07, 6.45) is 1.19. The summed E-state index contributed by atoms with van der Waals surface area (Å²) >= 11 is 6.06. The van der Waals surface area contributed by atoms with Crippen molar-refractivity contribution in [2.75, 3.05) is 13.7 Å². The van der Waals surface area contributed by atoms with Gasteiger partial charge in [0.15, 0.2) is 0 Å². The highest BCUT2D eigenvalue weighted by atomic mass is 35.5. The van der Waals surface area contributed by atoms with Gasteiger partial charge in [-0.3, -0.25) is 19.2 Å². The quantitative estimate of drug-likeness (QED) is 0.289. The molecule has 0 aromatic heterocycles. The third kappa shape index (κ3) is 6.34. The summed E-state index contributed by atoms with van der Waals surface area (Å²) < 4.78 is 4.68. The van der Waals surface area contributed by atoms with E-state index in [0.29, 0.717) is 17.9 Å². The van der Waals surface area contributed by atoms with Crippen LogP contribution in [0, 0.1) is 23.7 Å². The number of methoxy groups -OCH3 is 1. The molecule has 5 atom stereocenters. The Morgan fingerprint density at radius 3 is 1.95 bits per heavy atom. The third-order valence-corrected chi connectivity index (χ3v) is 7.82. The zero-order valence-corrected chi connectivity index (χ0v) is 22.6. The van der Waals surface area contributed by atoms with Gasteiger partial charge in [-0.15, -0.1) is 0 Å². The largest absolute Gasteiger partial charge is 0.481 e. The van der Waals surface area contributed by atoms with Crippen molar-refractivity contribution < 1.29 is 34.1 Å². The Morgan fingerprint density at radius 1 is 0.800 bits per heavy atom. The first-order valence-electron chi connectivity index (χ1n) is 12.9. The number of esters is 1. The summed E-state index contributed by atoms with van der Waals surface area (Å²) in [7, 11) is 1.08. The van der Waals surface area contributed by atoms with Crippen molar-refractivity contribution in [2.24, 2.45) is 23.7 Å². The highest BCUT2D eigenvalue weighted by Crippen LogP contribution is 2.47. The van der Waals surface area contributed by atoms with E-state index >= 15 is 0 Å². The number of ether oxygens (including phenoxy) is 1. The predicted molar refractivity (Wildman–Crippen MR) is 149 cm³/mol. The van der Waals surface area contributed by atoms with E-state index in [-0.39, 0.29) is 12.5 Å². The van der Waals surface area contributed by atoms with Crippen LogP contribution in [0.3, 0.4) is 0 Å². The lowest BCUT2D eigenvalue weighted by Gasteiger charge is -2.44. The van der Waals surface area contributed by atoms with Crippen molar-refractivity contribution in [1.29, 1.82) is 0 Å². The number of carboxylic acid groups (broad SMARTS) is 2. The van der Waals surface area contributed by atoms with Crippen LogP contribution in [0.25, 0.3) is 11.1 Å². The Kier molecular flexibility index (Phi) is 9.22. The Bertz CT molecular complexity index is 1360. The molecule has 1 fully saturated rings. The third-order valence-electron chi connectivity index (χ3n) is 7.57. The molecule has 0 radical (unpaired) electrons. The number of carbonyl (C=O) groups excluding carboxylic acids is 2. The minimum absolute atomic E-state index is 0.00568. The number of benzene rings is 3. The second kappa shape index (κ2) is 12.8. The van der Waals surface area contributed by atoms with Crippen molar-refractivity contribution in [3.63, 3.8) is 0 Å². The van der Waals surface area contributed by atoms with Crippen molar-refractivity contribution in [3.8, 4) is 11.1 Å². The number of aliphatic carboxylic acids is 2. The summed E-state index contributed by atoms with van der Waals surface area (Å²) in [5.41, 5.74) is 4.31. The van der Waals surface area contributed by atoms with E-state index in [2.05, 4.69) is 34.3 Å². The molecule has 4 rings (SSSR count). The van der Waals surface area contributed by atoms with Gasteiger partial charge in [-0.2, -0.15) is 0 Å². The fraction of sp³-hybridized carbons (Fsp3) is 0.290. The molecule has 0 unspecified atom stereocenters. The van der Waals surface area contributed by atoms with Crippen LogP contribution in [0.2, 0.25) is 5.02 Å². The molecule has 0 aliphatic heterocycles. The number of amides is 1. The summed E-state index contributed by atoms with van der Waals surface area (Å²) in [4.78, 5) is 48.8. The van der Waals surface area contributed by atoms with Crippen LogP contribution in [0.1, 0.15) is 23.5 Å². The van der Waals surface area contributed by atoms with Gasteiger partial charge in [-0.05, 0) is 53.1 Å². The standard InChI is InChI=1S/C31H30ClNO7/c1-40-31(39)27-24(25(29(35)36)26(27)30(37)38)28(34)33-16-15-22(17-18-7-13-23(32)14-8-18)21-11-9-20(10-12-21)19-5-3-2-4-6-19/h2-14,22,24-27H,15-17H2,1H3,(H,33,34)(H,35,36)(H,37,38)/t22-,24+,25-,26+,27+/m0/s1. The van der Waals surface area contributed by atoms with Crippen LogP contribution in [-0.2, 0) is 30.3 Å². The van der Waals surface area contributed by atoms with E-state index < -0.39 is 47.5 Å². The molecule has 40 heavy (non-hydrogen) atoms. The minimum atomic E-state index is -1.53. The topological polar surface area (TPSA) is 130 Å². The molecule has 3 N–H and O–H groups in total. The second-order valence-electron chi connectivity index (χ2n) is 9.90. The Hall–Kier alpha value is -4.17. The predicted octanol–water partition coefficient (Wildman–Crippen LogP) is 4.66. The molecule has 0 heterocycles. The van der Waals surface area contributed by atoms with E-state index in [4.69, 9.17) is 11.6 Å². The molecule has 0 saturated heterocycles. The number of hydrogen-bond acceptors (Lipinski definition) is 5. The first-order chi connectivity index (χ1) is 19.2. The lowest BCUT2D eigenvalue weighted by molar-refractivity contribution is -0.188. The second-order valence-corrected chi connectivity index (χ2v) is 10.3. The maximum atomic E-state index is 13.1. The number of nitrogens with one attached hydrogen (secondary N) is 1. The lowest BCUT2D eigenvalue weighted by atomic mass is 9.56. The molecule has 1 aliphatic rings. The van der Waals surface area contributed by atoms with Crippen LogP contribution in [0.15, 0.2) is 78.9 Å². The number of carbonyl (C=O) groups is 4. The zero-order chi connectivity index (χ0) is 28.8. The molecule has 1 saturated carbocycles. The summed E-state index contributed by atoms with van der Waals surface area (Å²) in [5.74, 6) is -10.2. The van der Waals surface area contributed by atoms with Crippen LogP contribution >= 0.6 is 11.6 Å².